The number of likely N-dealkylation sites (N-methyl/N-ethyl adjacent to an activating group) is 1. The van der Waals surface area contributed by atoms with Crippen LogP contribution < -0.4 is 10.6 Å². The van der Waals surface area contributed by atoms with Gasteiger partial charge in [0.05, 0.1) is 12.3 Å². The molecule has 0 fully saturated rings. The molecule has 0 saturated heterocycles. The van der Waals surface area contributed by atoms with E-state index in [9.17, 15) is 0 Å². The first kappa shape index (κ1) is 24.2. The number of hydrogen-bond acceptors (Lipinski definition) is 4. The normalized spacial score (nSPS) is 13.5. The van der Waals surface area contributed by atoms with Crippen molar-refractivity contribution >= 4 is 29.9 Å². The largest absolute Gasteiger partial charge is 0.468 e. The van der Waals surface area contributed by atoms with E-state index in [1.807, 2.05) is 26.2 Å². The summed E-state index contributed by atoms with van der Waals surface area (Å²) in [5, 5.41) is 6.79. The van der Waals surface area contributed by atoms with Crippen LogP contribution in [0.3, 0.4) is 0 Å². The zero-order valence-corrected chi connectivity index (χ0v) is 19.1. The fourth-order valence-electron chi connectivity index (χ4n) is 2.85. The smallest absolute Gasteiger partial charge is 0.191 e. The lowest BCUT2D eigenvalue weighted by molar-refractivity contribution is 0.178. The number of hydrogen-bond donors (Lipinski definition) is 2. The van der Waals surface area contributed by atoms with Gasteiger partial charge in [0.15, 0.2) is 5.96 Å². The van der Waals surface area contributed by atoms with Crippen molar-refractivity contribution < 1.29 is 4.42 Å². The van der Waals surface area contributed by atoms with Gasteiger partial charge in [0, 0.05) is 38.8 Å². The molecule has 1 aromatic heterocycles. The highest BCUT2D eigenvalue weighted by molar-refractivity contribution is 14.0. The first-order chi connectivity index (χ1) is 11.4. The minimum absolute atomic E-state index is 0. The van der Waals surface area contributed by atoms with Crippen LogP contribution in [0, 0.1) is 0 Å². The molecule has 0 amide bonds. The lowest BCUT2D eigenvalue weighted by Crippen LogP contribution is -2.46. The highest BCUT2D eigenvalue weighted by Gasteiger charge is 2.17. The fraction of sp³-hybridized carbons (Fsp3) is 0.722. The predicted octanol–water partition coefficient (Wildman–Crippen LogP) is 2.78. The molecule has 0 aliphatic carbocycles. The Balaban J connectivity index is 0.00000576. The Bertz CT molecular complexity index is 466. The lowest BCUT2D eigenvalue weighted by Gasteiger charge is -2.30. The third-order valence-corrected chi connectivity index (χ3v) is 4.17. The molecule has 2 N–H and O–H groups in total. The molecule has 0 aliphatic rings. The first-order valence-electron chi connectivity index (χ1n) is 8.76. The van der Waals surface area contributed by atoms with E-state index < -0.39 is 0 Å². The molecule has 25 heavy (non-hydrogen) atoms. The molecule has 1 atom stereocenters. The van der Waals surface area contributed by atoms with Crippen molar-refractivity contribution in [2.24, 2.45) is 4.99 Å². The number of rotatable bonds is 9. The topological polar surface area (TPSA) is 56.0 Å². The van der Waals surface area contributed by atoms with Gasteiger partial charge in [-0.2, -0.15) is 0 Å². The van der Waals surface area contributed by atoms with Crippen LogP contribution in [0.4, 0.5) is 0 Å². The molecule has 0 saturated carbocycles. The summed E-state index contributed by atoms with van der Waals surface area (Å²) < 4.78 is 5.54. The van der Waals surface area contributed by atoms with E-state index in [2.05, 4.69) is 53.1 Å². The maximum atomic E-state index is 5.54. The van der Waals surface area contributed by atoms with Gasteiger partial charge in [-0.25, -0.2) is 0 Å². The molecule has 7 heteroatoms. The minimum Gasteiger partial charge on any atom is -0.468 e. The van der Waals surface area contributed by atoms with Gasteiger partial charge in [-0.15, -0.1) is 24.0 Å². The molecular formula is C18H36IN5O. The summed E-state index contributed by atoms with van der Waals surface area (Å²) >= 11 is 0. The van der Waals surface area contributed by atoms with Gasteiger partial charge >= 0.3 is 0 Å². The fourth-order valence-corrected chi connectivity index (χ4v) is 2.85. The highest BCUT2D eigenvalue weighted by Crippen LogP contribution is 2.17. The van der Waals surface area contributed by atoms with Crippen LogP contribution in [-0.2, 0) is 0 Å². The van der Waals surface area contributed by atoms with E-state index in [1.54, 1.807) is 13.3 Å². The third-order valence-electron chi connectivity index (χ3n) is 4.17. The Kier molecular flexibility index (Phi) is 12.1. The summed E-state index contributed by atoms with van der Waals surface area (Å²) in [6.45, 7) is 11.5. The van der Waals surface area contributed by atoms with Gasteiger partial charge < -0.3 is 15.1 Å². The zero-order chi connectivity index (χ0) is 18.1. The molecular weight excluding hydrogens is 429 g/mol. The number of nitrogens with zero attached hydrogens (tertiary/aromatic N) is 3. The number of aliphatic imine (C=N–C) groups is 1. The summed E-state index contributed by atoms with van der Waals surface area (Å²) in [6.07, 6.45) is 1.71. The van der Waals surface area contributed by atoms with Crippen molar-refractivity contribution in [2.45, 2.75) is 45.8 Å². The van der Waals surface area contributed by atoms with Crippen molar-refractivity contribution in [3.05, 3.63) is 24.2 Å². The quantitative estimate of drug-likeness (QED) is 0.334. The second-order valence-corrected chi connectivity index (χ2v) is 6.80. The third kappa shape index (κ3) is 8.42. The van der Waals surface area contributed by atoms with Crippen LogP contribution >= 0.6 is 24.0 Å². The average Bonchev–Trinajstić information content (AvgIpc) is 3.02. The molecule has 1 unspecified atom stereocenters. The molecule has 0 aromatic carbocycles. The van der Waals surface area contributed by atoms with Crippen LogP contribution in [-0.4, -0.2) is 68.6 Å². The van der Waals surface area contributed by atoms with Gasteiger partial charge in [0.25, 0.3) is 0 Å². The standard InChI is InChI=1S/C18H35N5O.HI/c1-14(2)23(15(3)4)11-10-20-18(19-5)21-13-16(22(6)7)17-9-8-12-24-17;/h8-9,12,14-16H,10-11,13H2,1-7H3,(H2,19,20,21);1H. The van der Waals surface area contributed by atoms with E-state index in [-0.39, 0.29) is 30.0 Å². The van der Waals surface area contributed by atoms with Crippen molar-refractivity contribution in [1.29, 1.82) is 0 Å². The first-order valence-corrected chi connectivity index (χ1v) is 8.76. The lowest BCUT2D eigenvalue weighted by atomic mass is 10.2. The molecule has 6 nitrogen and oxygen atoms in total. The van der Waals surface area contributed by atoms with E-state index in [0.717, 1.165) is 31.4 Å². The van der Waals surface area contributed by atoms with Gasteiger partial charge in [-0.05, 0) is 53.9 Å². The van der Waals surface area contributed by atoms with Gasteiger partial charge in [0.2, 0.25) is 0 Å². The zero-order valence-electron chi connectivity index (χ0n) is 16.7. The number of furan rings is 1. The summed E-state index contributed by atoms with van der Waals surface area (Å²) in [7, 11) is 5.90. The van der Waals surface area contributed by atoms with Crippen LogP contribution in [0.1, 0.15) is 39.5 Å². The van der Waals surface area contributed by atoms with Crippen LogP contribution in [0.15, 0.2) is 27.8 Å². The van der Waals surface area contributed by atoms with Crippen molar-refractivity contribution in [3.63, 3.8) is 0 Å². The Morgan fingerprint density at radius 1 is 1.16 bits per heavy atom. The predicted molar refractivity (Wildman–Crippen MR) is 117 cm³/mol. The van der Waals surface area contributed by atoms with Crippen molar-refractivity contribution in [1.82, 2.24) is 20.4 Å². The molecule has 0 radical (unpaired) electrons. The van der Waals surface area contributed by atoms with Crippen LogP contribution in [0.5, 0.6) is 0 Å². The summed E-state index contributed by atoms with van der Waals surface area (Å²) in [4.78, 5) is 8.92. The van der Waals surface area contributed by atoms with E-state index in [0.29, 0.717) is 12.1 Å². The maximum absolute atomic E-state index is 5.54. The van der Waals surface area contributed by atoms with Gasteiger partial charge in [-0.1, -0.05) is 0 Å². The second-order valence-electron chi connectivity index (χ2n) is 6.80. The Morgan fingerprint density at radius 3 is 2.24 bits per heavy atom. The molecule has 1 aromatic rings. The van der Waals surface area contributed by atoms with E-state index in [1.165, 1.54) is 0 Å². The molecule has 0 aliphatic heterocycles. The Morgan fingerprint density at radius 2 is 1.80 bits per heavy atom. The Labute approximate surface area is 170 Å². The Hall–Kier alpha value is -0.800. The number of halogens is 1. The maximum Gasteiger partial charge on any atom is 0.191 e. The molecule has 1 rings (SSSR count). The molecule has 0 spiro atoms. The second kappa shape index (κ2) is 12.5. The summed E-state index contributed by atoms with van der Waals surface area (Å²) in [6, 6.07) is 5.18. The summed E-state index contributed by atoms with van der Waals surface area (Å²) in [5.74, 6) is 1.77. The molecule has 1 heterocycles. The monoisotopic (exact) mass is 465 g/mol. The van der Waals surface area contributed by atoms with Gasteiger partial charge in [0.1, 0.15) is 5.76 Å². The molecule has 0 bridgehead atoms. The van der Waals surface area contributed by atoms with Crippen molar-refractivity contribution in [3.8, 4) is 0 Å². The minimum atomic E-state index is 0. The summed E-state index contributed by atoms with van der Waals surface area (Å²) in [5.41, 5.74) is 0. The highest BCUT2D eigenvalue weighted by atomic mass is 127. The van der Waals surface area contributed by atoms with E-state index in [4.69, 9.17) is 4.42 Å². The van der Waals surface area contributed by atoms with Crippen molar-refractivity contribution in [2.75, 3.05) is 40.8 Å². The number of guanidine groups is 1. The van der Waals surface area contributed by atoms with E-state index >= 15 is 0 Å². The average molecular weight is 465 g/mol. The van der Waals surface area contributed by atoms with Crippen LogP contribution in [0.25, 0.3) is 0 Å². The van der Waals surface area contributed by atoms with Gasteiger partial charge in [-0.3, -0.25) is 14.8 Å². The number of nitrogens with one attached hydrogen (secondary N) is 2. The van der Waals surface area contributed by atoms with Crippen LogP contribution in [0.2, 0.25) is 0 Å². The SMILES string of the molecule is CN=C(NCCN(C(C)C)C(C)C)NCC(c1ccco1)N(C)C.I. The molecule has 146 valence electrons.